The first kappa shape index (κ1) is 16.9. The van der Waals surface area contributed by atoms with Gasteiger partial charge in [-0.1, -0.05) is 85.7 Å². The van der Waals surface area contributed by atoms with Crippen LogP contribution in [0.4, 0.5) is 0 Å². The topological polar surface area (TPSA) is 0 Å². The van der Waals surface area contributed by atoms with E-state index in [-0.39, 0.29) is 0 Å². The molecule has 0 saturated carbocycles. The minimum atomic E-state index is -1.64. The second kappa shape index (κ2) is 5.30. The molecule has 102 valence electrons. The van der Waals surface area contributed by atoms with Gasteiger partial charge in [0.05, 0.1) is 36.2 Å². The van der Waals surface area contributed by atoms with Crippen LogP contribution in [0.25, 0.3) is 0 Å². The molecule has 0 nitrogen and oxygen atoms in total. The quantitative estimate of drug-likeness (QED) is 0.377. The van der Waals surface area contributed by atoms with Gasteiger partial charge in [0.2, 0.25) is 0 Å². The summed E-state index contributed by atoms with van der Waals surface area (Å²) in [7, 11) is -3.29. The molecule has 0 aliphatic rings. The molecule has 0 fully saturated rings. The summed E-state index contributed by atoms with van der Waals surface area (Å²) < 4.78 is 0. The zero-order chi connectivity index (χ0) is 14.5. The van der Waals surface area contributed by atoms with Crippen LogP contribution in [0.15, 0.2) is 0 Å². The molecule has 1 aromatic carbocycles. The molecule has 0 bridgehead atoms. The highest BCUT2D eigenvalue weighted by Gasteiger charge is 2.34. The van der Waals surface area contributed by atoms with Gasteiger partial charge in [0.15, 0.2) is 0 Å². The molecule has 0 heterocycles. The van der Waals surface area contributed by atoms with E-state index in [1.165, 1.54) is 10.4 Å². The van der Waals surface area contributed by atoms with Crippen LogP contribution in [-0.2, 0) is 0 Å². The molecule has 0 atom stereocenters. The molecule has 0 N–H and O–H groups in total. The fraction of sp³-hybridized carbons (Fsp3) is 0.500. The van der Waals surface area contributed by atoms with Gasteiger partial charge in [-0.05, 0) is 10.4 Å². The average molecular weight is 360 g/mol. The fourth-order valence-electron chi connectivity index (χ4n) is 2.04. The third-order valence-corrected chi connectivity index (χ3v) is 9.14. The molecule has 1 aromatic rings. The van der Waals surface area contributed by atoms with Crippen LogP contribution in [0.5, 0.6) is 0 Å². The van der Waals surface area contributed by atoms with E-state index in [4.69, 9.17) is 46.4 Å². The standard InChI is InChI=1S/C12H18Cl4Si2/c1-17(2,3)11-9(15)7(13)8(14)10(16)12(11)18(4,5)6/h1-6H3. The number of halogens is 4. The minimum Gasteiger partial charge on any atom is -0.0828 e. The molecular formula is C12H18Cl4Si2. The number of rotatable bonds is 2. The van der Waals surface area contributed by atoms with Gasteiger partial charge in [-0.25, -0.2) is 0 Å². The smallest absolute Gasteiger partial charge is 0.0795 e. The van der Waals surface area contributed by atoms with E-state index < -0.39 is 16.1 Å². The number of hydrogen-bond acceptors (Lipinski definition) is 0. The SMILES string of the molecule is C[Si](C)(C)c1c(Cl)c(Cl)c(Cl)c(Cl)c1[Si](C)(C)C. The predicted octanol–water partition coefficient (Wildman–Crippen LogP) is 5.39. The predicted molar refractivity (Wildman–Crippen MR) is 92.4 cm³/mol. The Labute approximate surface area is 132 Å². The second-order valence-corrected chi connectivity index (χ2v) is 18.0. The van der Waals surface area contributed by atoms with Crippen molar-refractivity contribution < 1.29 is 0 Å². The molecule has 0 aliphatic heterocycles. The number of hydrogen-bond donors (Lipinski definition) is 0. The normalized spacial score (nSPS) is 13.0. The molecule has 0 aliphatic carbocycles. The van der Waals surface area contributed by atoms with E-state index in [9.17, 15) is 0 Å². The van der Waals surface area contributed by atoms with E-state index in [0.717, 1.165) is 0 Å². The first-order valence-electron chi connectivity index (χ1n) is 5.76. The summed E-state index contributed by atoms with van der Waals surface area (Å²) in [5.74, 6) is 0. The van der Waals surface area contributed by atoms with Crippen LogP contribution < -0.4 is 10.4 Å². The zero-order valence-electron chi connectivity index (χ0n) is 11.5. The van der Waals surface area contributed by atoms with E-state index >= 15 is 0 Å². The molecule has 0 saturated heterocycles. The van der Waals surface area contributed by atoms with Crippen LogP contribution in [0, 0.1) is 0 Å². The van der Waals surface area contributed by atoms with Crippen LogP contribution >= 0.6 is 46.4 Å². The van der Waals surface area contributed by atoms with Crippen LogP contribution in [0.3, 0.4) is 0 Å². The van der Waals surface area contributed by atoms with Gasteiger partial charge in [-0.15, -0.1) is 0 Å². The van der Waals surface area contributed by atoms with Gasteiger partial charge < -0.3 is 0 Å². The van der Waals surface area contributed by atoms with Crippen molar-refractivity contribution in [3.05, 3.63) is 20.1 Å². The Hall–Kier alpha value is 0.814. The van der Waals surface area contributed by atoms with Gasteiger partial charge in [0.25, 0.3) is 0 Å². The summed E-state index contributed by atoms with van der Waals surface area (Å²) in [5.41, 5.74) is 0. The lowest BCUT2D eigenvalue weighted by molar-refractivity contribution is 1.65. The lowest BCUT2D eigenvalue weighted by atomic mass is 10.3. The highest BCUT2D eigenvalue weighted by Crippen LogP contribution is 2.35. The number of benzene rings is 1. The van der Waals surface area contributed by atoms with E-state index in [1.54, 1.807) is 0 Å². The third kappa shape index (κ3) is 3.10. The van der Waals surface area contributed by atoms with Crippen LogP contribution in [0.2, 0.25) is 59.4 Å². The van der Waals surface area contributed by atoms with Crippen molar-refractivity contribution in [2.24, 2.45) is 0 Å². The van der Waals surface area contributed by atoms with Crippen LogP contribution in [0.1, 0.15) is 0 Å². The van der Waals surface area contributed by atoms with Gasteiger partial charge in [-0.3, -0.25) is 0 Å². The first-order valence-corrected chi connectivity index (χ1v) is 14.3. The fourth-order valence-corrected chi connectivity index (χ4v) is 10.5. The molecule has 0 spiro atoms. The Morgan fingerprint density at radius 3 is 0.889 bits per heavy atom. The molecular weight excluding hydrogens is 342 g/mol. The highest BCUT2D eigenvalue weighted by molar-refractivity contribution is 7.00. The molecule has 0 amide bonds. The van der Waals surface area contributed by atoms with E-state index in [2.05, 4.69) is 39.3 Å². The maximum Gasteiger partial charge on any atom is 0.0795 e. The molecule has 18 heavy (non-hydrogen) atoms. The summed E-state index contributed by atoms with van der Waals surface area (Å²) in [6.07, 6.45) is 0. The maximum atomic E-state index is 6.45. The zero-order valence-corrected chi connectivity index (χ0v) is 16.5. The summed E-state index contributed by atoms with van der Waals surface area (Å²) in [6, 6.07) is 0. The van der Waals surface area contributed by atoms with Crippen molar-refractivity contribution in [2.45, 2.75) is 39.3 Å². The minimum absolute atomic E-state index is 0.391. The second-order valence-electron chi connectivity index (χ2n) is 6.51. The highest BCUT2D eigenvalue weighted by atomic mass is 35.5. The molecule has 1 rings (SSSR count). The average Bonchev–Trinajstić information content (AvgIpc) is 2.16. The Kier molecular flexibility index (Phi) is 4.97. The van der Waals surface area contributed by atoms with Crippen molar-refractivity contribution in [2.75, 3.05) is 0 Å². The van der Waals surface area contributed by atoms with Crippen molar-refractivity contribution in [3.63, 3.8) is 0 Å². The summed E-state index contributed by atoms with van der Waals surface area (Å²) in [6.45, 7) is 13.5. The lowest BCUT2D eigenvalue weighted by Gasteiger charge is -2.31. The first-order chi connectivity index (χ1) is 7.89. The third-order valence-electron chi connectivity index (χ3n) is 2.77. The molecule has 0 unspecified atom stereocenters. The van der Waals surface area contributed by atoms with E-state index in [0.29, 0.717) is 20.1 Å². The van der Waals surface area contributed by atoms with Gasteiger partial charge >= 0.3 is 0 Å². The monoisotopic (exact) mass is 358 g/mol. The summed E-state index contributed by atoms with van der Waals surface area (Å²) >= 11 is 25.3. The van der Waals surface area contributed by atoms with Crippen LogP contribution in [-0.4, -0.2) is 16.1 Å². The Bertz CT molecular complexity index is 440. The van der Waals surface area contributed by atoms with Gasteiger partial charge in [0.1, 0.15) is 0 Å². The van der Waals surface area contributed by atoms with Crippen molar-refractivity contribution in [1.29, 1.82) is 0 Å². The van der Waals surface area contributed by atoms with Gasteiger partial charge in [-0.2, -0.15) is 0 Å². The Morgan fingerprint density at radius 2 is 0.722 bits per heavy atom. The summed E-state index contributed by atoms with van der Waals surface area (Å²) in [5, 5.41) is 4.32. The van der Waals surface area contributed by atoms with Crippen molar-refractivity contribution in [3.8, 4) is 0 Å². The Morgan fingerprint density at radius 1 is 0.500 bits per heavy atom. The summed E-state index contributed by atoms with van der Waals surface area (Å²) in [4.78, 5) is 0. The van der Waals surface area contributed by atoms with Gasteiger partial charge in [0, 0.05) is 0 Å². The van der Waals surface area contributed by atoms with Crippen molar-refractivity contribution >= 4 is 72.9 Å². The Balaban J connectivity index is 3.89. The molecule has 6 heteroatoms. The lowest BCUT2D eigenvalue weighted by Crippen LogP contribution is -2.57. The molecule has 0 radical (unpaired) electrons. The van der Waals surface area contributed by atoms with Crippen molar-refractivity contribution in [1.82, 2.24) is 0 Å². The maximum absolute atomic E-state index is 6.45. The van der Waals surface area contributed by atoms with E-state index in [1.807, 2.05) is 0 Å². The molecule has 0 aromatic heterocycles. The largest absolute Gasteiger partial charge is 0.0828 e.